The first-order valence-corrected chi connectivity index (χ1v) is 8.34. The van der Waals surface area contributed by atoms with Gasteiger partial charge in [-0.25, -0.2) is 0 Å². The Kier molecular flexibility index (Phi) is 6.99. The van der Waals surface area contributed by atoms with Crippen LogP contribution in [0, 0.1) is 5.92 Å². The Balaban J connectivity index is 0.00000225. The molecule has 2 heterocycles. The van der Waals surface area contributed by atoms with Crippen LogP contribution in [-0.2, 0) is 23.2 Å². The van der Waals surface area contributed by atoms with Gasteiger partial charge in [0, 0.05) is 44.5 Å². The molecule has 1 amide bonds. The molecule has 2 atom stereocenters. The molecule has 7 heteroatoms. The molecule has 1 fully saturated rings. The normalized spacial score (nSPS) is 19.4. The molecule has 1 saturated heterocycles. The number of carbonyl (C=O) groups is 1. The molecule has 0 unspecified atom stereocenters. The Morgan fingerprint density at radius 1 is 1.36 bits per heavy atom. The molecule has 0 saturated carbocycles. The Morgan fingerprint density at radius 2 is 2.12 bits per heavy atom. The van der Waals surface area contributed by atoms with E-state index in [1.807, 2.05) is 50.6 Å². The number of amides is 1. The highest BCUT2D eigenvalue weighted by Crippen LogP contribution is 2.28. The largest absolute Gasteiger partial charge is 0.377 e. The van der Waals surface area contributed by atoms with Gasteiger partial charge in [0.25, 0.3) is 0 Å². The van der Waals surface area contributed by atoms with Crippen molar-refractivity contribution in [3.63, 3.8) is 0 Å². The summed E-state index contributed by atoms with van der Waals surface area (Å²) in [5, 5.41) is 10.6. The van der Waals surface area contributed by atoms with Gasteiger partial charge >= 0.3 is 0 Å². The van der Waals surface area contributed by atoms with Crippen molar-refractivity contribution >= 4 is 24.0 Å². The maximum atomic E-state index is 12.7. The molecule has 3 rings (SSSR count). The summed E-state index contributed by atoms with van der Waals surface area (Å²) >= 11 is 0. The smallest absolute Gasteiger partial charge is 0.229 e. The Labute approximate surface area is 154 Å². The monoisotopic (exact) mass is 364 g/mol. The van der Waals surface area contributed by atoms with E-state index >= 15 is 0 Å². The van der Waals surface area contributed by atoms with Crippen LogP contribution in [0.2, 0.25) is 0 Å². The van der Waals surface area contributed by atoms with Crippen molar-refractivity contribution in [1.82, 2.24) is 15.1 Å². The molecular formula is C18H25ClN4O2. The lowest BCUT2D eigenvalue weighted by Crippen LogP contribution is -2.28. The van der Waals surface area contributed by atoms with E-state index in [1.165, 1.54) is 0 Å². The second-order valence-electron chi connectivity index (χ2n) is 6.14. The van der Waals surface area contributed by atoms with Crippen molar-refractivity contribution in [3.05, 3.63) is 47.8 Å². The van der Waals surface area contributed by atoms with Gasteiger partial charge in [-0.1, -0.05) is 12.1 Å². The molecule has 0 spiro atoms. The highest BCUT2D eigenvalue weighted by molar-refractivity contribution is 5.93. The van der Waals surface area contributed by atoms with E-state index in [0.29, 0.717) is 19.8 Å². The number of carbonyl (C=O) groups excluding carboxylic acids is 1. The number of aromatic nitrogens is 2. The lowest BCUT2D eigenvalue weighted by atomic mass is 9.90. The number of anilines is 1. The van der Waals surface area contributed by atoms with E-state index in [9.17, 15) is 4.79 Å². The summed E-state index contributed by atoms with van der Waals surface area (Å²) in [5.74, 6) is 0.125. The zero-order valence-electron chi connectivity index (χ0n) is 14.6. The first-order valence-electron chi connectivity index (χ1n) is 8.34. The molecule has 1 aromatic heterocycles. The van der Waals surface area contributed by atoms with Gasteiger partial charge in [0.2, 0.25) is 5.91 Å². The SMILES string of the molecule is CCOCc1ccc(NC(=O)[C@H]2CNC[C@@H]2c2cnn(C)c2)cc1.Cl. The summed E-state index contributed by atoms with van der Waals surface area (Å²) in [6.07, 6.45) is 3.83. The van der Waals surface area contributed by atoms with E-state index < -0.39 is 0 Å². The van der Waals surface area contributed by atoms with E-state index in [4.69, 9.17) is 4.74 Å². The predicted molar refractivity (Wildman–Crippen MR) is 100.0 cm³/mol. The van der Waals surface area contributed by atoms with Gasteiger partial charge in [-0.15, -0.1) is 12.4 Å². The van der Waals surface area contributed by atoms with E-state index in [1.54, 1.807) is 4.68 Å². The minimum absolute atomic E-state index is 0. The Morgan fingerprint density at radius 3 is 2.76 bits per heavy atom. The topological polar surface area (TPSA) is 68.2 Å². The molecule has 0 radical (unpaired) electrons. The number of hydrogen-bond donors (Lipinski definition) is 2. The van der Waals surface area contributed by atoms with Crippen LogP contribution < -0.4 is 10.6 Å². The Bertz CT molecular complexity index is 687. The first kappa shape index (κ1) is 19.4. The number of nitrogens with zero attached hydrogens (tertiary/aromatic N) is 2. The fourth-order valence-corrected chi connectivity index (χ4v) is 3.08. The molecular weight excluding hydrogens is 340 g/mol. The minimum atomic E-state index is -0.0858. The molecule has 2 N–H and O–H groups in total. The maximum absolute atomic E-state index is 12.7. The minimum Gasteiger partial charge on any atom is -0.377 e. The van der Waals surface area contributed by atoms with Crippen LogP contribution in [0.3, 0.4) is 0 Å². The number of aryl methyl sites for hydroxylation is 1. The molecule has 25 heavy (non-hydrogen) atoms. The highest BCUT2D eigenvalue weighted by Gasteiger charge is 2.34. The maximum Gasteiger partial charge on any atom is 0.229 e. The summed E-state index contributed by atoms with van der Waals surface area (Å²) in [5.41, 5.74) is 3.03. The summed E-state index contributed by atoms with van der Waals surface area (Å²) < 4.78 is 7.16. The molecule has 6 nitrogen and oxygen atoms in total. The van der Waals surface area contributed by atoms with Gasteiger partial charge in [0.15, 0.2) is 0 Å². The summed E-state index contributed by atoms with van der Waals surface area (Å²) in [4.78, 5) is 12.7. The Hall–Kier alpha value is -1.89. The predicted octanol–water partition coefficient (Wildman–Crippen LogP) is 2.32. The lowest BCUT2D eigenvalue weighted by Gasteiger charge is -2.17. The number of hydrogen-bond acceptors (Lipinski definition) is 4. The van der Waals surface area contributed by atoms with Crippen molar-refractivity contribution in [2.75, 3.05) is 25.0 Å². The van der Waals surface area contributed by atoms with Crippen LogP contribution in [0.15, 0.2) is 36.7 Å². The summed E-state index contributed by atoms with van der Waals surface area (Å²) in [7, 11) is 1.89. The lowest BCUT2D eigenvalue weighted by molar-refractivity contribution is -0.119. The summed E-state index contributed by atoms with van der Waals surface area (Å²) in [6.45, 7) is 4.76. The third-order valence-electron chi connectivity index (χ3n) is 4.40. The van der Waals surface area contributed by atoms with Crippen LogP contribution in [0.5, 0.6) is 0 Å². The van der Waals surface area contributed by atoms with Gasteiger partial charge < -0.3 is 15.4 Å². The van der Waals surface area contributed by atoms with Crippen molar-refractivity contribution in [2.45, 2.75) is 19.4 Å². The number of halogens is 1. The molecule has 2 aromatic rings. The van der Waals surface area contributed by atoms with E-state index in [2.05, 4.69) is 15.7 Å². The molecule has 1 aliphatic rings. The van der Waals surface area contributed by atoms with Crippen LogP contribution in [-0.4, -0.2) is 35.4 Å². The van der Waals surface area contributed by atoms with Gasteiger partial charge in [-0.3, -0.25) is 9.48 Å². The van der Waals surface area contributed by atoms with Gasteiger partial charge in [-0.05, 0) is 30.2 Å². The molecule has 0 aliphatic carbocycles. The fourth-order valence-electron chi connectivity index (χ4n) is 3.08. The van der Waals surface area contributed by atoms with E-state index in [0.717, 1.165) is 23.4 Å². The number of rotatable bonds is 6. The second kappa shape index (κ2) is 8.99. The van der Waals surface area contributed by atoms with Crippen molar-refractivity contribution in [3.8, 4) is 0 Å². The first-order chi connectivity index (χ1) is 11.7. The molecule has 1 aromatic carbocycles. The highest BCUT2D eigenvalue weighted by atomic mass is 35.5. The van der Waals surface area contributed by atoms with Crippen LogP contribution in [0.4, 0.5) is 5.69 Å². The quantitative estimate of drug-likeness (QED) is 0.825. The zero-order valence-corrected chi connectivity index (χ0v) is 15.4. The summed E-state index contributed by atoms with van der Waals surface area (Å²) in [6, 6.07) is 7.81. The van der Waals surface area contributed by atoms with Crippen LogP contribution in [0.1, 0.15) is 24.0 Å². The number of benzene rings is 1. The fraction of sp³-hybridized carbons (Fsp3) is 0.444. The second-order valence-corrected chi connectivity index (χ2v) is 6.14. The van der Waals surface area contributed by atoms with E-state index in [-0.39, 0.29) is 30.2 Å². The molecule has 1 aliphatic heterocycles. The van der Waals surface area contributed by atoms with Crippen molar-refractivity contribution < 1.29 is 9.53 Å². The standard InChI is InChI=1S/C18H24N4O2.ClH/c1-3-24-12-13-4-6-15(7-5-13)21-18(23)17-10-19-9-16(17)14-8-20-22(2)11-14;/h4-8,11,16-17,19H,3,9-10,12H2,1-2H3,(H,21,23);1H/t16-,17+;/m1./s1. The van der Waals surface area contributed by atoms with Gasteiger partial charge in [0.05, 0.1) is 18.7 Å². The third kappa shape index (κ3) is 4.81. The average Bonchev–Trinajstić information content (AvgIpc) is 3.22. The van der Waals surface area contributed by atoms with Gasteiger partial charge in [-0.2, -0.15) is 5.10 Å². The molecule has 0 bridgehead atoms. The zero-order chi connectivity index (χ0) is 16.9. The van der Waals surface area contributed by atoms with Crippen LogP contribution >= 0.6 is 12.4 Å². The third-order valence-corrected chi connectivity index (χ3v) is 4.40. The average molecular weight is 365 g/mol. The van der Waals surface area contributed by atoms with Crippen molar-refractivity contribution in [1.29, 1.82) is 0 Å². The number of nitrogens with one attached hydrogen (secondary N) is 2. The molecule has 136 valence electrons. The van der Waals surface area contributed by atoms with Gasteiger partial charge in [0.1, 0.15) is 0 Å². The van der Waals surface area contributed by atoms with Crippen LogP contribution in [0.25, 0.3) is 0 Å². The number of ether oxygens (including phenoxy) is 1. The van der Waals surface area contributed by atoms with Crippen molar-refractivity contribution in [2.24, 2.45) is 13.0 Å².